The van der Waals surface area contributed by atoms with Crippen molar-refractivity contribution in [3.8, 4) is 12.0 Å². The number of benzene rings is 1. The summed E-state index contributed by atoms with van der Waals surface area (Å²) in [6.07, 6.45) is -4.52. The quantitative estimate of drug-likeness (QED) is 0.465. The van der Waals surface area contributed by atoms with Crippen LogP contribution in [0.5, 0.6) is 12.0 Å². The summed E-state index contributed by atoms with van der Waals surface area (Å²) in [6.45, 7) is 3.05. The van der Waals surface area contributed by atoms with Gasteiger partial charge in [0.1, 0.15) is 6.61 Å². The van der Waals surface area contributed by atoms with Crippen LogP contribution < -0.4 is 10.5 Å². The predicted molar refractivity (Wildman–Crippen MR) is 115 cm³/mol. The Balaban J connectivity index is 1.68. The lowest BCUT2D eigenvalue weighted by Crippen LogP contribution is -2.35. The molecule has 0 unspecified atom stereocenters. The second-order valence-electron chi connectivity index (χ2n) is 7.83. The Hall–Kier alpha value is -3.16. The number of halogens is 3. The number of nitrogen functional groups attached to an aromatic ring is 1. The molecule has 0 saturated carbocycles. The molecule has 34 heavy (non-hydrogen) atoms. The maximum atomic E-state index is 13.6. The highest BCUT2D eigenvalue weighted by atomic mass is 19.4. The van der Waals surface area contributed by atoms with Gasteiger partial charge in [0.2, 0.25) is 0 Å². The molecule has 0 atom stereocenters. The van der Waals surface area contributed by atoms with E-state index >= 15 is 0 Å². The van der Waals surface area contributed by atoms with E-state index in [9.17, 15) is 18.3 Å². The smallest absolute Gasteiger partial charge is 0.416 e. The number of aromatic nitrogens is 4. The number of nitrogens with two attached hydrogens (primary N) is 1. The van der Waals surface area contributed by atoms with Crippen LogP contribution in [0.4, 0.5) is 19.0 Å². The third kappa shape index (κ3) is 5.48. The van der Waals surface area contributed by atoms with Crippen molar-refractivity contribution >= 4 is 17.0 Å². The first-order chi connectivity index (χ1) is 16.2. The number of hydrogen-bond acceptors (Lipinski definition) is 9. The fraction of sp³-hybridized carbons (Fsp3) is 0.476. The van der Waals surface area contributed by atoms with Crippen LogP contribution in [0.2, 0.25) is 0 Å². The number of hydrogen-bond donors (Lipinski definition) is 2. The molecule has 184 valence electrons. The molecule has 4 rings (SSSR count). The second kappa shape index (κ2) is 9.99. The summed E-state index contributed by atoms with van der Waals surface area (Å²) in [6, 6.07) is 3.37. The molecule has 1 fully saturated rings. The molecule has 3 aromatic rings. The van der Waals surface area contributed by atoms with Gasteiger partial charge in [0.05, 0.1) is 31.9 Å². The maximum Gasteiger partial charge on any atom is 0.416 e. The van der Waals surface area contributed by atoms with E-state index in [2.05, 4.69) is 15.0 Å². The van der Waals surface area contributed by atoms with Gasteiger partial charge in [-0.05, 0) is 23.3 Å². The zero-order valence-corrected chi connectivity index (χ0v) is 18.5. The van der Waals surface area contributed by atoms with Gasteiger partial charge >= 0.3 is 12.2 Å². The molecule has 0 aliphatic carbocycles. The van der Waals surface area contributed by atoms with E-state index in [-0.39, 0.29) is 36.1 Å². The molecule has 13 heteroatoms. The first-order valence-corrected chi connectivity index (χ1v) is 10.6. The Bertz CT molecular complexity index is 1150. The minimum absolute atomic E-state index is 0.0245. The third-order valence-corrected chi connectivity index (χ3v) is 5.33. The van der Waals surface area contributed by atoms with Crippen molar-refractivity contribution in [1.29, 1.82) is 0 Å². The van der Waals surface area contributed by atoms with E-state index in [0.717, 1.165) is 12.1 Å². The van der Waals surface area contributed by atoms with Gasteiger partial charge in [-0.15, -0.1) is 0 Å². The third-order valence-electron chi connectivity index (χ3n) is 5.33. The molecular formula is C21H25F3N6O4. The molecule has 1 aromatic carbocycles. The van der Waals surface area contributed by atoms with Gasteiger partial charge < -0.3 is 25.1 Å². The van der Waals surface area contributed by atoms with Crippen molar-refractivity contribution in [2.24, 2.45) is 0 Å². The number of alkyl halides is 3. The highest BCUT2D eigenvalue weighted by Crippen LogP contribution is 2.32. The minimum atomic E-state index is -4.52. The first kappa shape index (κ1) is 24.0. The Labute approximate surface area is 193 Å². The Kier molecular flexibility index (Phi) is 7.05. The van der Waals surface area contributed by atoms with Crippen LogP contribution in [0.15, 0.2) is 18.2 Å². The van der Waals surface area contributed by atoms with E-state index in [1.54, 1.807) is 6.07 Å². The molecule has 0 radical (unpaired) electrons. The monoisotopic (exact) mass is 482 g/mol. The normalized spacial score (nSPS) is 15.2. The average Bonchev–Trinajstić information content (AvgIpc) is 3.10. The maximum absolute atomic E-state index is 13.6. The van der Waals surface area contributed by atoms with E-state index in [4.69, 9.17) is 19.9 Å². The predicted octanol–water partition coefficient (Wildman–Crippen LogP) is 2.04. The van der Waals surface area contributed by atoms with Gasteiger partial charge in [0.15, 0.2) is 17.0 Å². The van der Waals surface area contributed by atoms with Crippen LogP contribution in [0.25, 0.3) is 11.2 Å². The van der Waals surface area contributed by atoms with Gasteiger partial charge in [-0.2, -0.15) is 28.1 Å². The number of aromatic hydroxyl groups is 1. The summed E-state index contributed by atoms with van der Waals surface area (Å²) in [4.78, 5) is 14.2. The Morgan fingerprint density at radius 3 is 2.44 bits per heavy atom. The van der Waals surface area contributed by atoms with Crippen molar-refractivity contribution in [3.05, 3.63) is 34.9 Å². The average molecular weight is 482 g/mol. The Morgan fingerprint density at radius 1 is 1.06 bits per heavy atom. The molecule has 3 N–H and O–H groups in total. The van der Waals surface area contributed by atoms with Crippen molar-refractivity contribution in [2.75, 3.05) is 52.4 Å². The largest absolute Gasteiger partial charge is 0.480 e. The van der Waals surface area contributed by atoms with Gasteiger partial charge in [-0.25, -0.2) is 0 Å². The van der Waals surface area contributed by atoms with Crippen molar-refractivity contribution < 1.29 is 32.5 Å². The number of fused-ring (bicyclic) bond motifs is 1. The zero-order valence-electron chi connectivity index (χ0n) is 18.5. The number of ether oxygens (including phenoxy) is 3. The number of morpholine rings is 1. The molecule has 0 bridgehead atoms. The summed E-state index contributed by atoms with van der Waals surface area (Å²) in [5, 5.41) is 10.4. The first-order valence-electron chi connectivity index (χ1n) is 10.6. The highest BCUT2D eigenvalue weighted by molar-refractivity contribution is 5.83. The van der Waals surface area contributed by atoms with E-state index in [1.165, 1.54) is 11.7 Å². The molecule has 1 aliphatic rings. The number of anilines is 1. The SMILES string of the molecule is COCCOc1nc(N)c2nc(O)n(Cc3cc(CN4CCOCC4)cc(C(F)(F)F)c3)c2n1. The van der Waals surface area contributed by atoms with Crippen LogP contribution in [0.3, 0.4) is 0 Å². The molecule has 1 saturated heterocycles. The van der Waals surface area contributed by atoms with E-state index in [1.807, 2.05) is 4.90 Å². The fourth-order valence-corrected chi connectivity index (χ4v) is 3.72. The summed E-state index contributed by atoms with van der Waals surface area (Å²) < 4.78 is 57.8. The van der Waals surface area contributed by atoms with Gasteiger partial charge in [-0.3, -0.25) is 9.47 Å². The lowest BCUT2D eigenvalue weighted by atomic mass is 10.0. The summed E-state index contributed by atoms with van der Waals surface area (Å²) in [5.41, 5.74) is 6.26. The van der Waals surface area contributed by atoms with Crippen molar-refractivity contribution in [1.82, 2.24) is 24.4 Å². The highest BCUT2D eigenvalue weighted by Gasteiger charge is 2.31. The van der Waals surface area contributed by atoms with Gasteiger partial charge in [0, 0.05) is 26.7 Å². The number of nitrogens with zero attached hydrogens (tertiary/aromatic N) is 5. The number of methoxy groups -OCH3 is 1. The molecular weight excluding hydrogens is 457 g/mol. The molecule has 10 nitrogen and oxygen atoms in total. The number of rotatable bonds is 8. The van der Waals surface area contributed by atoms with Crippen LogP contribution in [0.1, 0.15) is 16.7 Å². The van der Waals surface area contributed by atoms with Crippen LogP contribution in [-0.2, 0) is 28.7 Å². The fourth-order valence-electron chi connectivity index (χ4n) is 3.72. The summed E-state index contributed by atoms with van der Waals surface area (Å²) in [5.74, 6) is -0.0245. The second-order valence-corrected chi connectivity index (χ2v) is 7.83. The zero-order chi connectivity index (χ0) is 24.3. The molecule has 1 aliphatic heterocycles. The molecule has 0 spiro atoms. The Morgan fingerprint density at radius 2 is 1.76 bits per heavy atom. The van der Waals surface area contributed by atoms with Crippen molar-refractivity contribution in [3.63, 3.8) is 0 Å². The number of imidazole rings is 1. The van der Waals surface area contributed by atoms with E-state index < -0.39 is 17.8 Å². The van der Waals surface area contributed by atoms with Gasteiger partial charge in [0.25, 0.3) is 6.01 Å². The topological polar surface area (TPSA) is 121 Å². The van der Waals surface area contributed by atoms with Crippen LogP contribution in [-0.4, -0.2) is 76.2 Å². The van der Waals surface area contributed by atoms with Crippen LogP contribution in [0, 0.1) is 0 Å². The van der Waals surface area contributed by atoms with E-state index in [0.29, 0.717) is 50.6 Å². The standard InChI is InChI=1S/C21H25F3N6O4/c1-32-6-7-34-19-27-17(25)16-18(28-19)30(20(31)26-16)12-14-8-13(9-15(10-14)21(22,23)24)11-29-2-4-33-5-3-29/h8-10H,2-7,11-12H2,1H3,(H,26,31)(H2,25,27,28). The molecule has 2 aromatic heterocycles. The van der Waals surface area contributed by atoms with Crippen LogP contribution >= 0.6 is 0 Å². The molecule has 0 amide bonds. The summed E-state index contributed by atoms with van der Waals surface area (Å²) in [7, 11) is 1.51. The van der Waals surface area contributed by atoms with Crippen molar-refractivity contribution in [2.45, 2.75) is 19.3 Å². The molecule has 3 heterocycles. The van der Waals surface area contributed by atoms with Gasteiger partial charge in [-0.1, -0.05) is 6.07 Å². The lowest BCUT2D eigenvalue weighted by Gasteiger charge is -2.27. The minimum Gasteiger partial charge on any atom is -0.480 e. The lowest BCUT2D eigenvalue weighted by molar-refractivity contribution is -0.137. The summed E-state index contributed by atoms with van der Waals surface area (Å²) >= 11 is 0.